The average molecular weight is 1100 g/mol. The Bertz CT molecular complexity index is 3570. The maximum Gasteiger partial charge on any atom is 1.00 e. The van der Waals surface area contributed by atoms with Gasteiger partial charge in [0, 0.05) is 24.5 Å². The van der Waals surface area contributed by atoms with Gasteiger partial charge < -0.3 is 30.0 Å². The van der Waals surface area contributed by atoms with Gasteiger partial charge in [-0.3, -0.25) is 4.79 Å². The molecule has 1 aliphatic heterocycles. The molecular formula is C59H46Br3LiO6. The second-order valence-electron chi connectivity index (χ2n) is 15.6. The zero-order valence-electron chi connectivity index (χ0n) is 37.2. The number of furan rings is 2. The summed E-state index contributed by atoms with van der Waals surface area (Å²) in [4.78, 5) is 12.4. The molecule has 3 aromatic heterocycles. The van der Waals surface area contributed by atoms with E-state index in [1.165, 1.54) is 17.5 Å². The quantitative estimate of drug-likeness (QED) is 0.140. The van der Waals surface area contributed by atoms with Gasteiger partial charge in [-0.25, -0.2) is 0 Å². The number of halogens is 3. The number of rotatable bonds is 4. The van der Waals surface area contributed by atoms with Crippen molar-refractivity contribution in [2.45, 2.75) is 32.8 Å². The van der Waals surface area contributed by atoms with E-state index in [0.717, 1.165) is 47.3 Å². The van der Waals surface area contributed by atoms with Crippen LogP contribution >= 0.6 is 47.8 Å². The molecule has 1 unspecified atom stereocenters. The van der Waals surface area contributed by atoms with Gasteiger partial charge in [0.25, 0.3) is 0 Å². The van der Waals surface area contributed by atoms with Gasteiger partial charge in [0.05, 0.1) is 16.2 Å². The smallest absolute Gasteiger partial charge is 0.453 e. The van der Waals surface area contributed by atoms with Crippen LogP contribution in [0.1, 0.15) is 44.1 Å². The molecular weight excluding hydrogens is 1050 g/mol. The second-order valence-corrected chi connectivity index (χ2v) is 18.3. The third-order valence-electron chi connectivity index (χ3n) is 11.3. The molecule has 6 nitrogen and oxygen atoms in total. The first-order valence-corrected chi connectivity index (χ1v) is 24.1. The predicted molar refractivity (Wildman–Crippen MR) is 288 cm³/mol. The Labute approximate surface area is 438 Å². The summed E-state index contributed by atoms with van der Waals surface area (Å²) in [7, 11) is 0. The summed E-state index contributed by atoms with van der Waals surface area (Å²) in [5.74, 6) is 1.56. The van der Waals surface area contributed by atoms with Gasteiger partial charge in [0.2, 0.25) is 11.0 Å². The van der Waals surface area contributed by atoms with Crippen molar-refractivity contribution >= 4 is 91.9 Å². The third-order valence-corrected chi connectivity index (χ3v) is 13.0. The molecule has 12 rings (SSSR count). The van der Waals surface area contributed by atoms with Crippen LogP contribution < -0.4 is 29.0 Å². The number of aliphatic hydroxyl groups is 1. The molecule has 0 saturated heterocycles. The maximum absolute atomic E-state index is 12.5. The standard InChI is InChI=1S/C27H17BrO3.C15H7BrO3.C12H9Br.C4H9.CH4.Li/c28-18-14-15-20-24(16-18)31-26-25(20)30-23-13-7-6-12-22(23)27(26,29)21-11-5-4-10-19(21)17-8-2-1-3-9-17;16-8-5-6-10-12(7-8)19-15-13(17)9-3-1-2-4-11(9)18-14(10)15;13-12-9-5-4-8-11(12)10-6-2-1-3-7-10;1-3-4-2;;/h1-16,29H;1-7H;1-9H;1,3-4H2,2H3;1H4;/q;;;-1;;+1. The van der Waals surface area contributed by atoms with E-state index in [9.17, 15) is 9.90 Å². The minimum absolute atomic E-state index is 0. The number of ether oxygens (including phenoxy) is 1. The van der Waals surface area contributed by atoms with Crippen LogP contribution in [-0.4, -0.2) is 5.11 Å². The minimum atomic E-state index is -1.51. The van der Waals surface area contributed by atoms with Crippen molar-refractivity contribution in [3.8, 4) is 33.8 Å². The Hall–Kier alpha value is -5.89. The molecule has 11 aromatic rings. The van der Waals surface area contributed by atoms with Crippen LogP contribution in [0.5, 0.6) is 11.5 Å². The second kappa shape index (κ2) is 22.7. The number of hydrogen-bond donors (Lipinski definition) is 1. The molecule has 0 aliphatic carbocycles. The fourth-order valence-electron chi connectivity index (χ4n) is 7.99. The van der Waals surface area contributed by atoms with Gasteiger partial charge in [-0.05, 0) is 82.9 Å². The van der Waals surface area contributed by atoms with E-state index < -0.39 is 5.60 Å². The molecule has 0 radical (unpaired) electrons. The van der Waals surface area contributed by atoms with Crippen molar-refractivity contribution in [2.24, 2.45) is 0 Å². The van der Waals surface area contributed by atoms with E-state index in [1.807, 2.05) is 146 Å². The van der Waals surface area contributed by atoms with Gasteiger partial charge in [-0.2, -0.15) is 6.42 Å². The molecule has 0 spiro atoms. The van der Waals surface area contributed by atoms with E-state index >= 15 is 0 Å². The minimum Gasteiger partial charge on any atom is -0.453 e. The van der Waals surface area contributed by atoms with Crippen LogP contribution in [0.3, 0.4) is 0 Å². The normalized spacial score (nSPS) is 13.2. The molecule has 0 saturated carbocycles. The summed E-state index contributed by atoms with van der Waals surface area (Å²) < 4.78 is 26.9. The van der Waals surface area contributed by atoms with Crippen LogP contribution in [0.15, 0.2) is 226 Å². The monoisotopic (exact) mass is 1090 g/mol. The molecule has 1 aliphatic rings. The van der Waals surface area contributed by atoms with E-state index in [4.69, 9.17) is 18.0 Å². The Kier molecular flexibility index (Phi) is 16.8. The number of fused-ring (bicyclic) bond motifs is 8. The van der Waals surface area contributed by atoms with Gasteiger partial charge in [-0.15, -0.1) is 0 Å². The van der Waals surface area contributed by atoms with Crippen LogP contribution in [0.25, 0.3) is 66.3 Å². The van der Waals surface area contributed by atoms with Crippen molar-refractivity contribution in [3.63, 3.8) is 0 Å². The largest absolute Gasteiger partial charge is 1.00 e. The fourth-order valence-corrected chi connectivity index (χ4v) is 9.19. The number of benzene rings is 8. The van der Waals surface area contributed by atoms with Crippen molar-refractivity contribution in [3.05, 3.63) is 242 Å². The van der Waals surface area contributed by atoms with Crippen LogP contribution in [0, 0.1) is 6.92 Å². The molecule has 1 atom stereocenters. The first-order valence-electron chi connectivity index (χ1n) is 21.7. The number of unbranched alkanes of at least 4 members (excludes halogenated alkanes) is 1. The first kappa shape index (κ1) is 51.0. The molecule has 0 amide bonds. The van der Waals surface area contributed by atoms with Gasteiger partial charge >= 0.3 is 18.9 Å². The molecule has 0 bridgehead atoms. The first-order chi connectivity index (χ1) is 32.7. The molecule has 4 heterocycles. The van der Waals surface area contributed by atoms with Gasteiger partial charge in [0.15, 0.2) is 22.7 Å². The number of para-hydroxylation sites is 2. The predicted octanol–water partition coefficient (Wildman–Crippen LogP) is 15.1. The van der Waals surface area contributed by atoms with E-state index in [0.29, 0.717) is 50.5 Å². The van der Waals surface area contributed by atoms with E-state index in [-0.39, 0.29) is 37.3 Å². The fraction of sp³-hybridized carbons (Fsp3) is 0.0847. The van der Waals surface area contributed by atoms with Crippen molar-refractivity contribution in [1.82, 2.24) is 0 Å². The molecule has 10 heteroatoms. The van der Waals surface area contributed by atoms with Crippen molar-refractivity contribution in [2.75, 3.05) is 0 Å². The zero-order valence-corrected chi connectivity index (χ0v) is 42.0. The molecule has 69 heavy (non-hydrogen) atoms. The summed E-state index contributed by atoms with van der Waals surface area (Å²) in [6, 6.07) is 62.7. The van der Waals surface area contributed by atoms with E-state index in [2.05, 4.69) is 98.0 Å². The van der Waals surface area contributed by atoms with Gasteiger partial charge in [0.1, 0.15) is 22.5 Å². The number of hydrogen-bond acceptors (Lipinski definition) is 6. The topological polar surface area (TPSA) is 86.0 Å². The Balaban J connectivity index is 0.000000158. The summed E-state index contributed by atoms with van der Waals surface area (Å²) in [6.07, 6.45) is 2.28. The van der Waals surface area contributed by atoms with Crippen LogP contribution in [-0.2, 0) is 5.60 Å². The zero-order chi connectivity index (χ0) is 46.5. The van der Waals surface area contributed by atoms with Crippen molar-refractivity contribution < 1.29 is 42.0 Å². The summed E-state index contributed by atoms with van der Waals surface area (Å²) in [6.45, 7) is 5.72. The maximum atomic E-state index is 12.5. The summed E-state index contributed by atoms with van der Waals surface area (Å²) in [5.41, 5.74) is 6.85. The van der Waals surface area contributed by atoms with Crippen LogP contribution in [0.4, 0.5) is 0 Å². The Morgan fingerprint density at radius 1 is 0.536 bits per heavy atom. The molecule has 8 aromatic carbocycles. The van der Waals surface area contributed by atoms with Gasteiger partial charge in [-0.1, -0.05) is 202 Å². The molecule has 1 N–H and O–H groups in total. The molecule has 0 fully saturated rings. The molecule has 340 valence electrons. The summed E-state index contributed by atoms with van der Waals surface area (Å²) in [5, 5.41) is 14.6. The van der Waals surface area contributed by atoms with Crippen LogP contribution in [0.2, 0.25) is 0 Å². The Morgan fingerprint density at radius 2 is 1.04 bits per heavy atom. The third kappa shape index (κ3) is 10.4. The van der Waals surface area contributed by atoms with E-state index in [1.54, 1.807) is 12.1 Å². The Morgan fingerprint density at radius 3 is 1.70 bits per heavy atom. The summed E-state index contributed by atoms with van der Waals surface area (Å²) >= 11 is 10.4. The average Bonchev–Trinajstić information content (AvgIpc) is 3.93. The van der Waals surface area contributed by atoms with Crippen molar-refractivity contribution in [1.29, 1.82) is 0 Å². The SMILES string of the molecule is Brc1ccccc1-c1ccccc1.C.O=c1c2ccccc2oc2c1oc1cc(Br)ccc12.OC1(c2ccccc2-c2ccccc2)c2ccccc2Oc2c1oc1cc(Br)ccc21.[CH2-]CCC.[Li+].